The average molecular weight is 258 g/mol. The van der Waals surface area contributed by atoms with Gasteiger partial charge in [0.05, 0.1) is 12.1 Å². The Morgan fingerprint density at radius 1 is 1.59 bits per heavy atom. The summed E-state index contributed by atoms with van der Waals surface area (Å²) in [5.74, 6) is 5.28. The number of hydrazine groups is 1. The van der Waals surface area contributed by atoms with Crippen LogP contribution >= 0.6 is 11.6 Å². The van der Waals surface area contributed by atoms with E-state index in [2.05, 4.69) is 0 Å². The molecular weight excluding hydrogens is 242 g/mol. The van der Waals surface area contributed by atoms with E-state index in [-0.39, 0.29) is 12.3 Å². The van der Waals surface area contributed by atoms with Crippen LogP contribution in [0.5, 0.6) is 5.75 Å². The number of benzene rings is 1. The number of carbonyl (C=O) groups excluding carboxylic acids is 1. The van der Waals surface area contributed by atoms with Gasteiger partial charge in [0.25, 0.3) is 0 Å². The molecule has 5 nitrogen and oxygen atoms in total. The highest BCUT2D eigenvalue weighted by Crippen LogP contribution is 2.30. The minimum absolute atomic E-state index is 0.111. The molecule has 1 aromatic carbocycles. The summed E-state index contributed by atoms with van der Waals surface area (Å²) in [6.45, 7) is 1.88. The van der Waals surface area contributed by atoms with Gasteiger partial charge in [0.2, 0.25) is 5.91 Å². The van der Waals surface area contributed by atoms with Gasteiger partial charge in [0, 0.05) is 12.5 Å². The van der Waals surface area contributed by atoms with Crippen molar-refractivity contribution in [1.82, 2.24) is 5.43 Å². The van der Waals surface area contributed by atoms with Gasteiger partial charge < -0.3 is 10.5 Å². The van der Waals surface area contributed by atoms with Crippen LogP contribution in [0.15, 0.2) is 12.1 Å². The van der Waals surface area contributed by atoms with E-state index < -0.39 is 6.04 Å². The Hall–Kier alpha value is -1.30. The van der Waals surface area contributed by atoms with Crippen LogP contribution in [-0.4, -0.2) is 13.0 Å². The first-order valence-electron chi connectivity index (χ1n) is 5.08. The zero-order valence-electron chi connectivity index (χ0n) is 9.79. The lowest BCUT2D eigenvalue weighted by Crippen LogP contribution is -2.32. The molecule has 0 aliphatic heterocycles. The van der Waals surface area contributed by atoms with Crippen LogP contribution in [0.3, 0.4) is 0 Å². The third-order valence-electron chi connectivity index (χ3n) is 2.51. The van der Waals surface area contributed by atoms with Crippen molar-refractivity contribution in [2.45, 2.75) is 19.4 Å². The van der Waals surface area contributed by atoms with Crippen LogP contribution in [0.2, 0.25) is 5.02 Å². The molecule has 0 bridgehead atoms. The van der Waals surface area contributed by atoms with E-state index >= 15 is 0 Å². The van der Waals surface area contributed by atoms with Crippen molar-refractivity contribution in [3.05, 3.63) is 28.3 Å². The van der Waals surface area contributed by atoms with Crippen molar-refractivity contribution < 1.29 is 9.53 Å². The van der Waals surface area contributed by atoms with Crippen LogP contribution in [0.1, 0.15) is 23.6 Å². The molecule has 5 N–H and O–H groups in total. The highest BCUT2D eigenvalue weighted by Gasteiger charge is 2.15. The predicted molar refractivity (Wildman–Crippen MR) is 66.6 cm³/mol. The van der Waals surface area contributed by atoms with Gasteiger partial charge in [0.15, 0.2) is 0 Å². The number of hydrogen-bond donors (Lipinski definition) is 3. The van der Waals surface area contributed by atoms with Crippen molar-refractivity contribution in [3.8, 4) is 5.75 Å². The van der Waals surface area contributed by atoms with E-state index in [9.17, 15) is 4.79 Å². The molecule has 94 valence electrons. The van der Waals surface area contributed by atoms with Crippen molar-refractivity contribution in [2.75, 3.05) is 7.11 Å². The van der Waals surface area contributed by atoms with Crippen LogP contribution in [-0.2, 0) is 4.79 Å². The number of rotatable bonds is 4. The second-order valence-corrected chi connectivity index (χ2v) is 4.13. The molecule has 0 radical (unpaired) electrons. The minimum Gasteiger partial charge on any atom is -0.495 e. The zero-order valence-corrected chi connectivity index (χ0v) is 10.5. The second-order valence-electron chi connectivity index (χ2n) is 3.72. The molecule has 1 amide bonds. The number of amides is 1. The fraction of sp³-hybridized carbons (Fsp3) is 0.364. The number of aryl methyl sites for hydroxylation is 1. The number of hydrogen-bond acceptors (Lipinski definition) is 4. The lowest BCUT2D eigenvalue weighted by atomic mass is 9.99. The van der Waals surface area contributed by atoms with Gasteiger partial charge in [-0.25, -0.2) is 5.84 Å². The van der Waals surface area contributed by atoms with Crippen molar-refractivity contribution in [1.29, 1.82) is 0 Å². The summed E-state index contributed by atoms with van der Waals surface area (Å²) in [4.78, 5) is 11.1. The lowest BCUT2D eigenvalue weighted by Gasteiger charge is -2.15. The van der Waals surface area contributed by atoms with Crippen molar-refractivity contribution in [2.24, 2.45) is 11.6 Å². The molecule has 0 fully saturated rings. The minimum atomic E-state index is -0.443. The molecule has 0 aliphatic carbocycles. The summed E-state index contributed by atoms with van der Waals surface area (Å²) in [5.41, 5.74) is 9.69. The van der Waals surface area contributed by atoms with E-state index in [1.54, 1.807) is 19.2 Å². The van der Waals surface area contributed by atoms with Crippen molar-refractivity contribution >= 4 is 17.5 Å². The largest absolute Gasteiger partial charge is 0.495 e. The number of methoxy groups -OCH3 is 1. The second kappa shape index (κ2) is 5.86. The molecule has 0 saturated carbocycles. The molecule has 0 spiro atoms. The Labute approximate surface area is 105 Å². The molecule has 0 aromatic heterocycles. The van der Waals surface area contributed by atoms with Gasteiger partial charge in [-0.05, 0) is 30.2 Å². The van der Waals surface area contributed by atoms with E-state index in [4.69, 9.17) is 27.9 Å². The Balaban J connectivity index is 2.98. The summed E-state index contributed by atoms with van der Waals surface area (Å²) in [6, 6.07) is 3.06. The summed E-state index contributed by atoms with van der Waals surface area (Å²) < 4.78 is 5.09. The predicted octanol–water partition coefficient (Wildman–Crippen LogP) is 1.04. The molecule has 6 heteroatoms. The van der Waals surface area contributed by atoms with E-state index in [0.29, 0.717) is 10.8 Å². The first-order chi connectivity index (χ1) is 7.99. The molecule has 1 rings (SSSR count). The first kappa shape index (κ1) is 13.8. The van der Waals surface area contributed by atoms with Gasteiger partial charge in [-0.2, -0.15) is 0 Å². The standard InChI is InChI=1S/C11H16ClN3O2/c1-6-3-10(17-2)8(12)4-7(6)9(13)5-11(16)15-14/h3-4,9H,5,13-14H2,1-2H3,(H,15,16). The first-order valence-corrected chi connectivity index (χ1v) is 5.46. The summed E-state index contributed by atoms with van der Waals surface area (Å²) in [7, 11) is 1.54. The highest BCUT2D eigenvalue weighted by molar-refractivity contribution is 6.32. The molecule has 1 atom stereocenters. The Morgan fingerprint density at radius 2 is 2.24 bits per heavy atom. The van der Waals surface area contributed by atoms with Crippen LogP contribution < -0.4 is 21.7 Å². The van der Waals surface area contributed by atoms with Crippen LogP contribution in [0, 0.1) is 6.92 Å². The highest BCUT2D eigenvalue weighted by atomic mass is 35.5. The van der Waals surface area contributed by atoms with Gasteiger partial charge in [-0.1, -0.05) is 11.6 Å². The molecule has 0 heterocycles. The number of ether oxygens (including phenoxy) is 1. The molecule has 17 heavy (non-hydrogen) atoms. The number of nitrogens with one attached hydrogen (secondary N) is 1. The van der Waals surface area contributed by atoms with Gasteiger partial charge >= 0.3 is 0 Å². The molecular formula is C11H16ClN3O2. The van der Waals surface area contributed by atoms with Gasteiger partial charge in [-0.15, -0.1) is 0 Å². The summed E-state index contributed by atoms with van der Waals surface area (Å²) in [6.07, 6.45) is 0.111. The molecule has 0 aliphatic rings. The van der Waals surface area contributed by atoms with Crippen LogP contribution in [0.25, 0.3) is 0 Å². The lowest BCUT2D eigenvalue weighted by molar-refractivity contribution is -0.121. The molecule has 0 saturated heterocycles. The zero-order chi connectivity index (χ0) is 13.0. The van der Waals surface area contributed by atoms with E-state index in [1.807, 2.05) is 12.3 Å². The smallest absolute Gasteiger partial charge is 0.235 e. The topological polar surface area (TPSA) is 90.4 Å². The number of nitrogens with two attached hydrogens (primary N) is 2. The van der Waals surface area contributed by atoms with E-state index in [0.717, 1.165) is 11.1 Å². The SMILES string of the molecule is COc1cc(C)c(C(N)CC(=O)NN)cc1Cl. The fourth-order valence-electron chi connectivity index (χ4n) is 1.59. The summed E-state index contributed by atoms with van der Waals surface area (Å²) >= 11 is 6.01. The normalized spacial score (nSPS) is 12.1. The fourth-order valence-corrected chi connectivity index (χ4v) is 1.84. The maximum Gasteiger partial charge on any atom is 0.235 e. The van der Waals surface area contributed by atoms with Crippen molar-refractivity contribution in [3.63, 3.8) is 0 Å². The van der Waals surface area contributed by atoms with Gasteiger partial charge in [0.1, 0.15) is 5.75 Å². The maximum absolute atomic E-state index is 11.1. The Morgan fingerprint density at radius 3 is 2.76 bits per heavy atom. The monoisotopic (exact) mass is 257 g/mol. The molecule has 1 unspecified atom stereocenters. The van der Waals surface area contributed by atoms with Gasteiger partial charge in [-0.3, -0.25) is 10.2 Å². The maximum atomic E-state index is 11.1. The third-order valence-corrected chi connectivity index (χ3v) is 2.80. The van der Waals surface area contributed by atoms with Crippen LogP contribution in [0.4, 0.5) is 0 Å². The quantitative estimate of drug-likeness (QED) is 0.427. The number of carbonyl (C=O) groups is 1. The molecule has 1 aromatic rings. The summed E-state index contributed by atoms with van der Waals surface area (Å²) in [5, 5.41) is 0.469. The number of halogens is 1. The third kappa shape index (κ3) is 3.33. The Bertz CT molecular complexity index is 423. The van der Waals surface area contributed by atoms with E-state index in [1.165, 1.54) is 0 Å². The average Bonchev–Trinajstić information content (AvgIpc) is 2.31. The Kier molecular flexibility index (Phi) is 4.74.